The summed E-state index contributed by atoms with van der Waals surface area (Å²) in [5, 5.41) is 9.04. The van der Waals surface area contributed by atoms with Crippen LogP contribution in [0.25, 0.3) is 0 Å². The van der Waals surface area contributed by atoms with Crippen LogP contribution < -0.4 is 16.0 Å². The monoisotopic (exact) mass is 573 g/mol. The molecular weight excluding hydrogens is 543 g/mol. The summed E-state index contributed by atoms with van der Waals surface area (Å²) in [6.45, 7) is 5.78. The Labute approximate surface area is 210 Å². The number of carbonyl (C=O) groups excluding carboxylic acids is 1. The average Bonchev–Trinajstić information content (AvgIpc) is 2.79. The number of nitrogens with one attached hydrogen (secondary N) is 3. The average molecular weight is 573 g/mol. The Kier molecular flexibility index (Phi) is 11.5. The number of nitrogens with zero attached hydrogens (tertiary/aromatic N) is 2. The van der Waals surface area contributed by atoms with Crippen LogP contribution in [0.3, 0.4) is 0 Å². The molecule has 1 unspecified atom stereocenters. The molecule has 3 rings (SSSR count). The zero-order valence-electron chi connectivity index (χ0n) is 18.5. The molecule has 0 spiro atoms. The Bertz CT molecular complexity index is 908. The maximum atomic E-state index is 13.4. The highest BCUT2D eigenvalue weighted by Crippen LogP contribution is 2.21. The SMILES string of the molecule is CCNC(=NCC(=O)Nc1cccc(F)c1)NCC(c1ccc(F)cc1)N1CCOCC1.I. The van der Waals surface area contributed by atoms with Crippen LogP contribution in [0.2, 0.25) is 0 Å². The van der Waals surface area contributed by atoms with E-state index >= 15 is 0 Å². The van der Waals surface area contributed by atoms with Gasteiger partial charge in [-0.3, -0.25) is 9.69 Å². The lowest BCUT2D eigenvalue weighted by Crippen LogP contribution is -2.46. The van der Waals surface area contributed by atoms with E-state index in [0.717, 1.165) is 18.7 Å². The number of aliphatic imine (C=N–C) groups is 1. The van der Waals surface area contributed by atoms with Gasteiger partial charge in [0.15, 0.2) is 5.96 Å². The lowest BCUT2D eigenvalue weighted by atomic mass is 10.0. The molecule has 1 aliphatic rings. The van der Waals surface area contributed by atoms with E-state index in [-0.39, 0.29) is 48.3 Å². The standard InChI is InChI=1S/C23H29F2N5O2.HI/c1-2-26-23(28-16-22(31)29-20-5-3-4-19(25)14-20)27-15-21(30-10-12-32-13-11-30)17-6-8-18(24)9-7-17;/h3-9,14,21H,2,10-13,15-16H2,1H3,(H,29,31)(H2,26,27,28);1H. The Morgan fingerprint density at radius 1 is 1.09 bits per heavy atom. The van der Waals surface area contributed by atoms with Gasteiger partial charge >= 0.3 is 0 Å². The molecule has 0 aromatic heterocycles. The van der Waals surface area contributed by atoms with Crippen LogP contribution in [-0.4, -0.2) is 62.7 Å². The molecule has 1 fully saturated rings. The Hall–Kier alpha value is -2.31. The van der Waals surface area contributed by atoms with Crippen LogP contribution in [-0.2, 0) is 9.53 Å². The van der Waals surface area contributed by atoms with Crippen molar-refractivity contribution in [1.29, 1.82) is 0 Å². The molecule has 180 valence electrons. The summed E-state index contributed by atoms with van der Waals surface area (Å²) in [6, 6.07) is 12.2. The third kappa shape index (κ3) is 8.86. The van der Waals surface area contributed by atoms with Crippen LogP contribution in [0.15, 0.2) is 53.5 Å². The number of anilines is 1. The van der Waals surface area contributed by atoms with E-state index in [1.807, 2.05) is 6.92 Å². The fraction of sp³-hybridized carbons (Fsp3) is 0.391. The largest absolute Gasteiger partial charge is 0.379 e. The molecular formula is C23H30F2IN5O2. The highest BCUT2D eigenvalue weighted by atomic mass is 127. The van der Waals surface area contributed by atoms with Crippen molar-refractivity contribution < 1.29 is 18.3 Å². The predicted molar refractivity (Wildman–Crippen MR) is 136 cm³/mol. The van der Waals surface area contributed by atoms with Crippen molar-refractivity contribution in [2.45, 2.75) is 13.0 Å². The van der Waals surface area contributed by atoms with Crippen molar-refractivity contribution >= 4 is 41.5 Å². The quantitative estimate of drug-likeness (QED) is 0.257. The smallest absolute Gasteiger partial charge is 0.246 e. The number of guanidine groups is 1. The number of morpholine rings is 1. The van der Waals surface area contributed by atoms with E-state index in [9.17, 15) is 13.6 Å². The minimum atomic E-state index is -0.420. The number of ether oxygens (including phenoxy) is 1. The second-order valence-corrected chi connectivity index (χ2v) is 7.35. The van der Waals surface area contributed by atoms with Crippen molar-refractivity contribution in [2.75, 3.05) is 51.3 Å². The zero-order chi connectivity index (χ0) is 22.8. The molecule has 0 radical (unpaired) electrons. The van der Waals surface area contributed by atoms with Crippen molar-refractivity contribution in [3.63, 3.8) is 0 Å². The van der Waals surface area contributed by atoms with Gasteiger partial charge in [-0.2, -0.15) is 0 Å². The number of hydrogen-bond donors (Lipinski definition) is 3. The first-order valence-electron chi connectivity index (χ1n) is 10.7. The maximum Gasteiger partial charge on any atom is 0.246 e. The number of carbonyl (C=O) groups is 1. The molecule has 0 saturated carbocycles. The summed E-state index contributed by atoms with van der Waals surface area (Å²) in [5.74, 6) is -0.559. The molecule has 0 bridgehead atoms. The predicted octanol–water partition coefficient (Wildman–Crippen LogP) is 3.15. The lowest BCUT2D eigenvalue weighted by Gasteiger charge is -2.35. The number of benzene rings is 2. The number of amides is 1. The summed E-state index contributed by atoms with van der Waals surface area (Å²) in [5.41, 5.74) is 1.37. The summed E-state index contributed by atoms with van der Waals surface area (Å²) in [4.78, 5) is 18.8. The first kappa shape index (κ1) is 26.9. The van der Waals surface area contributed by atoms with E-state index in [0.29, 0.717) is 38.0 Å². The van der Waals surface area contributed by atoms with Crippen LogP contribution in [0.1, 0.15) is 18.5 Å². The van der Waals surface area contributed by atoms with Gasteiger partial charge in [-0.1, -0.05) is 18.2 Å². The fourth-order valence-electron chi connectivity index (χ4n) is 3.48. The van der Waals surface area contributed by atoms with Gasteiger partial charge in [0.25, 0.3) is 0 Å². The maximum absolute atomic E-state index is 13.4. The van der Waals surface area contributed by atoms with E-state index < -0.39 is 5.82 Å². The molecule has 3 N–H and O–H groups in total. The lowest BCUT2D eigenvalue weighted by molar-refractivity contribution is -0.114. The topological polar surface area (TPSA) is 78.0 Å². The first-order chi connectivity index (χ1) is 15.5. The van der Waals surface area contributed by atoms with Gasteiger partial charge in [0.1, 0.15) is 18.2 Å². The molecule has 7 nitrogen and oxygen atoms in total. The van der Waals surface area contributed by atoms with Gasteiger partial charge in [0, 0.05) is 31.9 Å². The second-order valence-electron chi connectivity index (χ2n) is 7.35. The van der Waals surface area contributed by atoms with Crippen molar-refractivity contribution in [2.24, 2.45) is 4.99 Å². The van der Waals surface area contributed by atoms with E-state index in [1.54, 1.807) is 18.2 Å². The Morgan fingerprint density at radius 3 is 2.48 bits per heavy atom. The molecule has 1 aliphatic heterocycles. The van der Waals surface area contributed by atoms with Gasteiger partial charge < -0.3 is 20.7 Å². The number of rotatable bonds is 8. The van der Waals surface area contributed by atoms with Gasteiger partial charge in [-0.05, 0) is 42.8 Å². The number of halogens is 3. The first-order valence-corrected chi connectivity index (χ1v) is 10.7. The molecule has 1 heterocycles. The highest BCUT2D eigenvalue weighted by molar-refractivity contribution is 14.0. The Balaban J connectivity index is 0.00000385. The van der Waals surface area contributed by atoms with Gasteiger partial charge in [0.05, 0.1) is 19.3 Å². The van der Waals surface area contributed by atoms with E-state index in [1.165, 1.54) is 30.3 Å². The van der Waals surface area contributed by atoms with Crippen LogP contribution in [0.4, 0.5) is 14.5 Å². The minimum Gasteiger partial charge on any atom is -0.379 e. The summed E-state index contributed by atoms with van der Waals surface area (Å²) < 4.78 is 32.2. The molecule has 1 saturated heterocycles. The molecule has 0 aliphatic carbocycles. The van der Waals surface area contributed by atoms with Gasteiger partial charge in [-0.25, -0.2) is 13.8 Å². The van der Waals surface area contributed by atoms with E-state index in [4.69, 9.17) is 4.74 Å². The zero-order valence-corrected chi connectivity index (χ0v) is 20.9. The molecule has 10 heteroatoms. The van der Waals surface area contributed by atoms with Crippen LogP contribution in [0, 0.1) is 11.6 Å². The van der Waals surface area contributed by atoms with Gasteiger partial charge in [-0.15, -0.1) is 24.0 Å². The van der Waals surface area contributed by atoms with E-state index in [2.05, 4.69) is 25.8 Å². The highest BCUT2D eigenvalue weighted by Gasteiger charge is 2.23. The van der Waals surface area contributed by atoms with Crippen molar-refractivity contribution in [3.05, 3.63) is 65.7 Å². The normalized spacial score (nSPS) is 15.3. The summed E-state index contributed by atoms with van der Waals surface area (Å²) >= 11 is 0. The Morgan fingerprint density at radius 2 is 1.82 bits per heavy atom. The molecule has 1 amide bonds. The molecule has 2 aromatic rings. The number of hydrogen-bond acceptors (Lipinski definition) is 4. The van der Waals surface area contributed by atoms with Crippen molar-refractivity contribution in [3.8, 4) is 0 Å². The minimum absolute atomic E-state index is 0. The summed E-state index contributed by atoms with van der Waals surface area (Å²) in [7, 11) is 0. The van der Waals surface area contributed by atoms with Gasteiger partial charge in [0.2, 0.25) is 5.91 Å². The van der Waals surface area contributed by atoms with Crippen LogP contribution in [0.5, 0.6) is 0 Å². The van der Waals surface area contributed by atoms with Crippen LogP contribution >= 0.6 is 24.0 Å². The second kappa shape index (κ2) is 14.1. The molecule has 33 heavy (non-hydrogen) atoms. The third-order valence-corrected chi connectivity index (χ3v) is 5.04. The van der Waals surface area contributed by atoms with Crippen molar-refractivity contribution in [1.82, 2.24) is 15.5 Å². The molecule has 1 atom stereocenters. The summed E-state index contributed by atoms with van der Waals surface area (Å²) in [6.07, 6.45) is 0. The molecule has 2 aromatic carbocycles. The third-order valence-electron chi connectivity index (χ3n) is 5.04. The fourth-order valence-corrected chi connectivity index (χ4v) is 3.48.